The maximum Gasteiger partial charge on any atom is 0.277 e. The van der Waals surface area contributed by atoms with Crippen molar-refractivity contribution in [2.24, 2.45) is 5.14 Å². The van der Waals surface area contributed by atoms with Gasteiger partial charge in [0.2, 0.25) is 0 Å². The standard InChI is InChI=1S/C10H14N2O3S/c11-16(14,15)12-6-5-8-3-1-2-4-9(8)10(12)7-13/h1-4,10,13H,5-7H2,(H2,11,14,15). The smallest absolute Gasteiger partial charge is 0.277 e. The Morgan fingerprint density at radius 1 is 1.44 bits per heavy atom. The molecule has 0 saturated carbocycles. The van der Waals surface area contributed by atoms with Crippen LogP contribution in [0.5, 0.6) is 0 Å². The van der Waals surface area contributed by atoms with Crippen molar-refractivity contribution in [3.8, 4) is 0 Å². The second-order valence-electron chi connectivity index (χ2n) is 3.80. The molecule has 1 aliphatic rings. The van der Waals surface area contributed by atoms with Gasteiger partial charge < -0.3 is 5.11 Å². The molecule has 2 rings (SSSR count). The van der Waals surface area contributed by atoms with E-state index in [9.17, 15) is 13.5 Å². The van der Waals surface area contributed by atoms with Gasteiger partial charge in [-0.3, -0.25) is 0 Å². The fourth-order valence-electron chi connectivity index (χ4n) is 2.12. The summed E-state index contributed by atoms with van der Waals surface area (Å²) in [5.74, 6) is 0. The van der Waals surface area contributed by atoms with Crippen LogP contribution in [0.25, 0.3) is 0 Å². The quantitative estimate of drug-likeness (QED) is 0.752. The highest BCUT2D eigenvalue weighted by molar-refractivity contribution is 7.86. The Labute approximate surface area is 94.7 Å². The number of hydrogen-bond acceptors (Lipinski definition) is 3. The molecule has 0 spiro atoms. The second-order valence-corrected chi connectivity index (χ2v) is 5.30. The molecule has 88 valence electrons. The average Bonchev–Trinajstić information content (AvgIpc) is 2.26. The van der Waals surface area contributed by atoms with Gasteiger partial charge in [0, 0.05) is 6.54 Å². The predicted octanol–water partition coefficient (Wildman–Crippen LogP) is -0.218. The van der Waals surface area contributed by atoms with E-state index < -0.39 is 16.3 Å². The number of fused-ring (bicyclic) bond motifs is 1. The van der Waals surface area contributed by atoms with E-state index >= 15 is 0 Å². The lowest BCUT2D eigenvalue weighted by atomic mass is 9.95. The maximum atomic E-state index is 11.4. The summed E-state index contributed by atoms with van der Waals surface area (Å²) in [5, 5.41) is 14.4. The van der Waals surface area contributed by atoms with Gasteiger partial charge in [-0.05, 0) is 17.5 Å². The van der Waals surface area contributed by atoms with Crippen LogP contribution < -0.4 is 5.14 Å². The Bertz CT molecular complexity index is 487. The van der Waals surface area contributed by atoms with Crippen LogP contribution in [0.3, 0.4) is 0 Å². The number of aliphatic hydroxyl groups excluding tert-OH is 1. The lowest BCUT2D eigenvalue weighted by Crippen LogP contribution is -2.44. The van der Waals surface area contributed by atoms with E-state index in [2.05, 4.69) is 0 Å². The highest BCUT2D eigenvalue weighted by Gasteiger charge is 2.32. The summed E-state index contributed by atoms with van der Waals surface area (Å²) >= 11 is 0. The summed E-state index contributed by atoms with van der Waals surface area (Å²) in [6, 6.07) is 6.94. The second kappa shape index (κ2) is 4.14. The highest BCUT2D eigenvalue weighted by Crippen LogP contribution is 2.30. The molecule has 1 aromatic carbocycles. The Morgan fingerprint density at radius 3 is 2.75 bits per heavy atom. The Morgan fingerprint density at radius 2 is 2.12 bits per heavy atom. The van der Waals surface area contributed by atoms with Crippen molar-refractivity contribution in [2.75, 3.05) is 13.2 Å². The Hall–Kier alpha value is -0.950. The number of nitrogens with two attached hydrogens (primary N) is 1. The maximum absolute atomic E-state index is 11.4. The van der Waals surface area contributed by atoms with Crippen LogP contribution >= 0.6 is 0 Å². The lowest BCUT2D eigenvalue weighted by molar-refractivity contribution is 0.180. The molecule has 0 amide bonds. The first-order chi connectivity index (χ1) is 7.54. The van der Waals surface area contributed by atoms with E-state index in [1.54, 1.807) is 0 Å². The van der Waals surface area contributed by atoms with E-state index in [1.807, 2.05) is 24.3 Å². The molecule has 0 fully saturated rings. The molecule has 16 heavy (non-hydrogen) atoms. The van der Waals surface area contributed by atoms with Gasteiger partial charge in [-0.1, -0.05) is 24.3 Å². The molecule has 0 aromatic heterocycles. The number of hydrogen-bond donors (Lipinski definition) is 2. The van der Waals surface area contributed by atoms with Gasteiger partial charge in [0.05, 0.1) is 12.6 Å². The van der Waals surface area contributed by atoms with Crippen molar-refractivity contribution < 1.29 is 13.5 Å². The molecular weight excluding hydrogens is 228 g/mol. The number of aliphatic hydroxyl groups is 1. The molecule has 0 aliphatic carbocycles. The molecule has 1 aromatic rings. The van der Waals surface area contributed by atoms with Crippen LogP contribution in [0.4, 0.5) is 0 Å². The first-order valence-electron chi connectivity index (χ1n) is 5.02. The van der Waals surface area contributed by atoms with E-state index in [4.69, 9.17) is 5.14 Å². The fourth-order valence-corrected chi connectivity index (χ4v) is 3.00. The van der Waals surface area contributed by atoms with Gasteiger partial charge in [-0.15, -0.1) is 0 Å². The van der Waals surface area contributed by atoms with E-state index in [-0.39, 0.29) is 6.61 Å². The third kappa shape index (κ3) is 1.97. The summed E-state index contributed by atoms with van der Waals surface area (Å²) in [5.41, 5.74) is 1.91. The van der Waals surface area contributed by atoms with Gasteiger partial charge in [0.25, 0.3) is 10.2 Å². The van der Waals surface area contributed by atoms with Gasteiger partial charge in [0.1, 0.15) is 0 Å². The molecule has 1 unspecified atom stereocenters. The van der Waals surface area contributed by atoms with Gasteiger partial charge in [-0.25, -0.2) is 5.14 Å². The van der Waals surface area contributed by atoms with Gasteiger partial charge >= 0.3 is 0 Å². The van der Waals surface area contributed by atoms with E-state index in [0.29, 0.717) is 13.0 Å². The van der Waals surface area contributed by atoms with Crippen LogP contribution in [0, 0.1) is 0 Å². The number of benzene rings is 1. The summed E-state index contributed by atoms with van der Waals surface area (Å²) in [6.45, 7) is 0.0640. The fraction of sp³-hybridized carbons (Fsp3) is 0.400. The predicted molar refractivity (Wildman–Crippen MR) is 59.8 cm³/mol. The molecule has 6 heteroatoms. The Kier molecular flexibility index (Phi) is 2.98. The van der Waals surface area contributed by atoms with Crippen molar-refractivity contribution >= 4 is 10.2 Å². The molecular formula is C10H14N2O3S. The van der Waals surface area contributed by atoms with Crippen LogP contribution in [-0.2, 0) is 16.6 Å². The minimum atomic E-state index is -3.76. The molecule has 0 bridgehead atoms. The van der Waals surface area contributed by atoms with Crippen molar-refractivity contribution in [2.45, 2.75) is 12.5 Å². The molecule has 1 atom stereocenters. The van der Waals surface area contributed by atoms with Crippen LogP contribution in [-0.4, -0.2) is 31.0 Å². The summed E-state index contributed by atoms with van der Waals surface area (Å²) in [7, 11) is -3.76. The van der Waals surface area contributed by atoms with Crippen molar-refractivity contribution in [1.29, 1.82) is 0 Å². The lowest BCUT2D eigenvalue weighted by Gasteiger charge is -2.33. The largest absolute Gasteiger partial charge is 0.394 e. The van der Waals surface area contributed by atoms with Crippen molar-refractivity contribution in [1.82, 2.24) is 4.31 Å². The molecule has 5 nitrogen and oxygen atoms in total. The van der Waals surface area contributed by atoms with E-state index in [1.165, 1.54) is 0 Å². The topological polar surface area (TPSA) is 83.6 Å². The SMILES string of the molecule is NS(=O)(=O)N1CCc2ccccc2C1CO. The third-order valence-electron chi connectivity index (χ3n) is 2.86. The van der Waals surface area contributed by atoms with Crippen molar-refractivity contribution in [3.63, 3.8) is 0 Å². The minimum absolute atomic E-state index is 0.257. The number of nitrogens with zero attached hydrogens (tertiary/aromatic N) is 1. The first-order valence-corrected chi connectivity index (χ1v) is 6.52. The van der Waals surface area contributed by atoms with E-state index in [0.717, 1.165) is 15.4 Å². The zero-order valence-electron chi connectivity index (χ0n) is 8.70. The van der Waals surface area contributed by atoms with Gasteiger partial charge in [-0.2, -0.15) is 12.7 Å². The molecule has 3 N–H and O–H groups in total. The molecule has 1 aliphatic heterocycles. The zero-order valence-corrected chi connectivity index (χ0v) is 9.52. The molecule has 1 heterocycles. The summed E-state index contributed by atoms with van der Waals surface area (Å²) < 4.78 is 23.9. The molecule has 0 saturated heterocycles. The summed E-state index contributed by atoms with van der Waals surface area (Å²) in [4.78, 5) is 0. The van der Waals surface area contributed by atoms with Crippen LogP contribution in [0.15, 0.2) is 24.3 Å². The Balaban J connectivity index is 2.45. The highest BCUT2D eigenvalue weighted by atomic mass is 32.2. The van der Waals surface area contributed by atoms with Gasteiger partial charge in [0.15, 0.2) is 0 Å². The number of rotatable bonds is 2. The van der Waals surface area contributed by atoms with Crippen LogP contribution in [0.1, 0.15) is 17.2 Å². The van der Waals surface area contributed by atoms with Crippen molar-refractivity contribution in [3.05, 3.63) is 35.4 Å². The third-order valence-corrected chi connectivity index (χ3v) is 3.95. The monoisotopic (exact) mass is 242 g/mol. The minimum Gasteiger partial charge on any atom is -0.394 e. The molecule has 0 radical (unpaired) electrons. The average molecular weight is 242 g/mol. The van der Waals surface area contributed by atoms with Crippen LogP contribution in [0.2, 0.25) is 0 Å². The first kappa shape index (κ1) is 11.5. The normalized spacial score (nSPS) is 21.8. The summed E-state index contributed by atoms with van der Waals surface area (Å²) in [6.07, 6.45) is 0.628. The zero-order chi connectivity index (χ0) is 11.8.